The van der Waals surface area contributed by atoms with Crippen molar-refractivity contribution in [1.82, 2.24) is 5.32 Å². The van der Waals surface area contributed by atoms with Crippen LogP contribution < -0.4 is 5.32 Å². The number of benzene rings is 1. The summed E-state index contributed by atoms with van der Waals surface area (Å²) in [4.78, 5) is 34.6. The zero-order chi connectivity index (χ0) is 18.6. The molecule has 1 N–H and O–H groups in total. The molecule has 1 amide bonds. The largest absolute Gasteiger partial charge is 0.449 e. The number of nitrogens with one attached hydrogen (secondary N) is 1. The van der Waals surface area contributed by atoms with Crippen LogP contribution in [0.3, 0.4) is 0 Å². The van der Waals surface area contributed by atoms with Crippen LogP contribution in [0.2, 0.25) is 0 Å². The molecule has 0 bridgehead atoms. The first-order valence-electron chi connectivity index (χ1n) is 8.55. The minimum atomic E-state index is -0.962. The molecule has 0 unspecified atom stereocenters. The second-order valence-electron chi connectivity index (χ2n) is 6.74. The molecule has 1 fully saturated rings. The summed E-state index contributed by atoms with van der Waals surface area (Å²) in [6.45, 7) is 5.80. The van der Waals surface area contributed by atoms with Crippen molar-refractivity contribution in [3.63, 3.8) is 0 Å². The van der Waals surface area contributed by atoms with Gasteiger partial charge in [0.1, 0.15) is 0 Å². The number of rotatable bonds is 5. The minimum Gasteiger partial charge on any atom is -0.449 e. The Bertz CT molecular complexity index is 661. The smallest absolute Gasteiger partial charge is 0.339 e. The average Bonchev–Trinajstić information content (AvgIpc) is 2.58. The summed E-state index contributed by atoms with van der Waals surface area (Å²) in [5, 5.41) is 13.7. The summed E-state index contributed by atoms with van der Waals surface area (Å²) in [5.74, 6) is -0.180. The van der Waals surface area contributed by atoms with Crippen LogP contribution >= 0.6 is 0 Å². The van der Waals surface area contributed by atoms with Crippen LogP contribution in [0, 0.1) is 22.0 Å². The third kappa shape index (κ3) is 4.78. The van der Waals surface area contributed by atoms with Crippen LogP contribution in [-0.4, -0.2) is 28.9 Å². The molecule has 2 rings (SSSR count). The molecule has 7 nitrogen and oxygen atoms in total. The van der Waals surface area contributed by atoms with E-state index in [0.29, 0.717) is 11.8 Å². The number of nitro benzene ring substituents is 1. The SMILES string of the molecule is C[C@@H]1[C@H](C)CCC[C@@H]1NC(=O)[C@@H](C)OC(=O)c1cccc([N+](=O)[O-])c1. The maximum atomic E-state index is 12.3. The number of non-ortho nitro benzene ring substituents is 1. The molecule has 1 aromatic carbocycles. The normalized spacial score (nSPS) is 24.2. The number of nitrogens with zero attached hydrogens (tertiary/aromatic N) is 1. The van der Waals surface area contributed by atoms with Crippen molar-refractivity contribution in [1.29, 1.82) is 0 Å². The topological polar surface area (TPSA) is 98.5 Å². The highest BCUT2D eigenvalue weighted by Crippen LogP contribution is 2.29. The summed E-state index contributed by atoms with van der Waals surface area (Å²) >= 11 is 0. The highest BCUT2D eigenvalue weighted by atomic mass is 16.6. The summed E-state index contributed by atoms with van der Waals surface area (Å²) < 4.78 is 5.16. The molecule has 1 aliphatic carbocycles. The third-order valence-electron chi connectivity index (χ3n) is 4.98. The predicted molar refractivity (Wildman–Crippen MR) is 92.1 cm³/mol. The number of hydrogen-bond donors (Lipinski definition) is 1. The predicted octanol–water partition coefficient (Wildman–Crippen LogP) is 3.08. The van der Waals surface area contributed by atoms with Crippen LogP contribution in [0.25, 0.3) is 0 Å². The zero-order valence-electron chi connectivity index (χ0n) is 14.7. The lowest BCUT2D eigenvalue weighted by Gasteiger charge is -2.35. The van der Waals surface area contributed by atoms with Crippen molar-refractivity contribution in [2.75, 3.05) is 0 Å². The molecular formula is C18H24N2O5. The van der Waals surface area contributed by atoms with Gasteiger partial charge in [-0.05, 0) is 31.2 Å². The highest BCUT2D eigenvalue weighted by Gasteiger charge is 2.30. The fourth-order valence-electron chi connectivity index (χ4n) is 3.11. The molecule has 1 aromatic rings. The van der Waals surface area contributed by atoms with E-state index in [2.05, 4.69) is 19.2 Å². The van der Waals surface area contributed by atoms with Crippen molar-refractivity contribution in [2.45, 2.75) is 52.2 Å². The number of ether oxygens (including phenoxy) is 1. The van der Waals surface area contributed by atoms with Crippen LogP contribution in [-0.2, 0) is 9.53 Å². The van der Waals surface area contributed by atoms with Gasteiger partial charge in [0.15, 0.2) is 6.10 Å². The molecule has 0 heterocycles. The minimum absolute atomic E-state index is 0.0495. The fraction of sp³-hybridized carbons (Fsp3) is 0.556. The van der Waals surface area contributed by atoms with Gasteiger partial charge in [-0.1, -0.05) is 32.8 Å². The van der Waals surface area contributed by atoms with Crippen molar-refractivity contribution in [2.24, 2.45) is 11.8 Å². The summed E-state index contributed by atoms with van der Waals surface area (Å²) in [7, 11) is 0. The molecule has 1 saturated carbocycles. The Hall–Kier alpha value is -2.44. The molecule has 4 atom stereocenters. The van der Waals surface area contributed by atoms with E-state index in [1.165, 1.54) is 25.1 Å². The van der Waals surface area contributed by atoms with E-state index >= 15 is 0 Å². The summed E-state index contributed by atoms with van der Waals surface area (Å²) in [6.07, 6.45) is 2.18. The third-order valence-corrected chi connectivity index (χ3v) is 4.98. The molecule has 1 aliphatic rings. The summed E-state index contributed by atoms with van der Waals surface area (Å²) in [6, 6.07) is 5.33. The zero-order valence-corrected chi connectivity index (χ0v) is 14.7. The number of hydrogen-bond acceptors (Lipinski definition) is 5. The number of nitro groups is 1. The Labute approximate surface area is 146 Å². The molecule has 0 spiro atoms. The van der Waals surface area contributed by atoms with E-state index < -0.39 is 17.0 Å². The van der Waals surface area contributed by atoms with E-state index in [4.69, 9.17) is 4.74 Å². The molecule has 0 aromatic heterocycles. The average molecular weight is 348 g/mol. The monoisotopic (exact) mass is 348 g/mol. The maximum absolute atomic E-state index is 12.3. The van der Waals surface area contributed by atoms with Gasteiger partial charge in [-0.3, -0.25) is 14.9 Å². The maximum Gasteiger partial charge on any atom is 0.339 e. The molecule has 0 aliphatic heterocycles. The lowest BCUT2D eigenvalue weighted by atomic mass is 9.78. The van der Waals surface area contributed by atoms with Crippen LogP contribution in [0.1, 0.15) is 50.4 Å². The first kappa shape index (κ1) is 18.9. The van der Waals surface area contributed by atoms with Gasteiger partial charge in [-0.25, -0.2) is 4.79 Å². The first-order valence-corrected chi connectivity index (χ1v) is 8.55. The van der Waals surface area contributed by atoms with Crippen molar-refractivity contribution in [3.05, 3.63) is 39.9 Å². The number of esters is 1. The molecule has 136 valence electrons. The van der Waals surface area contributed by atoms with Crippen molar-refractivity contribution in [3.8, 4) is 0 Å². The van der Waals surface area contributed by atoms with E-state index in [9.17, 15) is 19.7 Å². The van der Waals surface area contributed by atoms with Crippen LogP contribution in [0.15, 0.2) is 24.3 Å². The second kappa shape index (κ2) is 8.09. The Morgan fingerprint density at radius 2 is 2.04 bits per heavy atom. The lowest BCUT2D eigenvalue weighted by molar-refractivity contribution is -0.384. The number of amides is 1. The Balaban J connectivity index is 1.95. The van der Waals surface area contributed by atoms with E-state index in [1.54, 1.807) is 0 Å². The van der Waals surface area contributed by atoms with Gasteiger partial charge >= 0.3 is 5.97 Å². The highest BCUT2D eigenvalue weighted by molar-refractivity contribution is 5.92. The molecular weight excluding hydrogens is 324 g/mol. The number of carbonyl (C=O) groups is 2. The number of carbonyl (C=O) groups excluding carboxylic acids is 2. The molecule has 0 radical (unpaired) electrons. The van der Waals surface area contributed by atoms with E-state index in [-0.39, 0.29) is 23.2 Å². The molecule has 0 saturated heterocycles. The Kier molecular flexibility index (Phi) is 6.12. The van der Waals surface area contributed by atoms with Crippen molar-refractivity contribution >= 4 is 17.6 Å². The van der Waals surface area contributed by atoms with Gasteiger partial charge < -0.3 is 10.1 Å². The van der Waals surface area contributed by atoms with Crippen molar-refractivity contribution < 1.29 is 19.2 Å². The second-order valence-corrected chi connectivity index (χ2v) is 6.74. The first-order chi connectivity index (χ1) is 11.8. The van der Waals surface area contributed by atoms with Crippen LogP contribution in [0.4, 0.5) is 5.69 Å². The standard InChI is InChI=1S/C18H24N2O5/c1-11-6-4-9-16(12(11)2)19-17(21)13(3)25-18(22)14-7-5-8-15(10-14)20(23)24/h5,7-8,10-13,16H,4,6,9H2,1-3H3,(H,19,21)/t11-,12-,13-,16+/m1/s1. The quantitative estimate of drug-likeness (QED) is 0.501. The van der Waals surface area contributed by atoms with E-state index in [1.807, 2.05) is 0 Å². The van der Waals surface area contributed by atoms with Gasteiger partial charge in [0.05, 0.1) is 10.5 Å². The summed E-state index contributed by atoms with van der Waals surface area (Å²) in [5.41, 5.74) is -0.148. The van der Waals surface area contributed by atoms with Gasteiger partial charge in [0.25, 0.3) is 11.6 Å². The molecule has 7 heteroatoms. The Morgan fingerprint density at radius 3 is 2.72 bits per heavy atom. The lowest BCUT2D eigenvalue weighted by Crippen LogP contribution is -2.47. The van der Waals surface area contributed by atoms with Crippen LogP contribution in [0.5, 0.6) is 0 Å². The van der Waals surface area contributed by atoms with Gasteiger partial charge in [0.2, 0.25) is 0 Å². The fourth-order valence-corrected chi connectivity index (χ4v) is 3.11. The van der Waals surface area contributed by atoms with E-state index in [0.717, 1.165) is 25.3 Å². The Morgan fingerprint density at radius 1 is 1.32 bits per heavy atom. The van der Waals surface area contributed by atoms with Gasteiger partial charge in [-0.15, -0.1) is 0 Å². The van der Waals surface area contributed by atoms with Gasteiger partial charge in [0, 0.05) is 18.2 Å². The van der Waals surface area contributed by atoms with Gasteiger partial charge in [-0.2, -0.15) is 0 Å². The molecule has 25 heavy (non-hydrogen) atoms.